The number of rotatable bonds is 5. The summed E-state index contributed by atoms with van der Waals surface area (Å²) in [5.41, 5.74) is 1.24. The highest BCUT2D eigenvalue weighted by Gasteiger charge is 2.16. The van der Waals surface area contributed by atoms with Gasteiger partial charge in [0.1, 0.15) is 12.4 Å². The molecule has 7 heteroatoms. The lowest BCUT2D eigenvalue weighted by Gasteiger charge is -2.13. The molecule has 1 fully saturated rings. The zero-order valence-corrected chi connectivity index (χ0v) is 15.6. The molecule has 0 aromatic heterocycles. The van der Waals surface area contributed by atoms with Crippen molar-refractivity contribution in [2.45, 2.75) is 18.9 Å². The van der Waals surface area contributed by atoms with Gasteiger partial charge >= 0.3 is 0 Å². The highest BCUT2D eigenvalue weighted by molar-refractivity contribution is 7.80. The standard InChI is InChI=1S/C19H19ClN2O3S/c20-14-5-3-13(4-6-14)18(23)22-19(26)21-15-7-9-16(10-8-15)25-12-17-2-1-11-24-17/h3-10,17H,1-2,11-12H2,(H2,21,22,23,26)/t17-/m0/s1. The first-order chi connectivity index (χ1) is 12.6. The smallest absolute Gasteiger partial charge is 0.257 e. The molecule has 136 valence electrons. The molecule has 0 bridgehead atoms. The average Bonchev–Trinajstić information content (AvgIpc) is 3.15. The van der Waals surface area contributed by atoms with Crippen molar-refractivity contribution in [3.05, 3.63) is 59.1 Å². The Morgan fingerprint density at radius 2 is 1.92 bits per heavy atom. The Hall–Kier alpha value is -2.15. The molecule has 26 heavy (non-hydrogen) atoms. The number of carbonyl (C=O) groups excluding carboxylic acids is 1. The number of thiocarbonyl (C=S) groups is 1. The molecule has 1 heterocycles. The van der Waals surface area contributed by atoms with Crippen LogP contribution < -0.4 is 15.4 Å². The third kappa shape index (κ3) is 5.42. The zero-order chi connectivity index (χ0) is 18.4. The van der Waals surface area contributed by atoms with Gasteiger partial charge in [-0.2, -0.15) is 0 Å². The molecule has 0 radical (unpaired) electrons. The van der Waals surface area contributed by atoms with Gasteiger partial charge in [0.2, 0.25) is 0 Å². The molecule has 1 aliphatic heterocycles. The van der Waals surface area contributed by atoms with E-state index >= 15 is 0 Å². The molecule has 3 rings (SSSR count). The summed E-state index contributed by atoms with van der Waals surface area (Å²) in [5.74, 6) is 0.470. The maximum absolute atomic E-state index is 12.1. The van der Waals surface area contributed by atoms with Crippen LogP contribution in [-0.4, -0.2) is 30.3 Å². The van der Waals surface area contributed by atoms with Gasteiger partial charge in [0, 0.05) is 22.9 Å². The maximum atomic E-state index is 12.1. The van der Waals surface area contributed by atoms with Crippen LogP contribution in [0, 0.1) is 0 Å². The fraction of sp³-hybridized carbons (Fsp3) is 0.263. The topological polar surface area (TPSA) is 59.6 Å². The van der Waals surface area contributed by atoms with E-state index in [9.17, 15) is 4.79 Å². The number of carbonyl (C=O) groups is 1. The van der Waals surface area contributed by atoms with E-state index < -0.39 is 0 Å². The van der Waals surface area contributed by atoms with E-state index in [1.165, 1.54) is 0 Å². The lowest BCUT2D eigenvalue weighted by Crippen LogP contribution is -2.34. The van der Waals surface area contributed by atoms with Crippen LogP contribution in [0.3, 0.4) is 0 Å². The molecule has 1 atom stereocenters. The molecule has 2 N–H and O–H groups in total. The Morgan fingerprint density at radius 3 is 2.58 bits per heavy atom. The molecule has 5 nitrogen and oxygen atoms in total. The quantitative estimate of drug-likeness (QED) is 0.755. The first-order valence-electron chi connectivity index (χ1n) is 8.32. The van der Waals surface area contributed by atoms with Crippen LogP contribution in [-0.2, 0) is 4.74 Å². The molecule has 0 unspecified atom stereocenters. The monoisotopic (exact) mass is 390 g/mol. The number of halogens is 1. The van der Waals surface area contributed by atoms with Crippen LogP contribution in [0.1, 0.15) is 23.2 Å². The van der Waals surface area contributed by atoms with Crippen molar-refractivity contribution < 1.29 is 14.3 Å². The van der Waals surface area contributed by atoms with E-state index in [1.807, 2.05) is 24.3 Å². The molecule has 1 saturated heterocycles. The first kappa shape index (κ1) is 18.6. The number of benzene rings is 2. The number of amides is 1. The predicted octanol–water partition coefficient (Wildman–Crippen LogP) is 4.02. The molecular weight excluding hydrogens is 372 g/mol. The summed E-state index contributed by atoms with van der Waals surface area (Å²) in [4.78, 5) is 12.1. The molecule has 2 aromatic rings. The van der Waals surface area contributed by atoms with Crippen molar-refractivity contribution in [2.24, 2.45) is 0 Å². The van der Waals surface area contributed by atoms with Crippen LogP contribution >= 0.6 is 23.8 Å². The van der Waals surface area contributed by atoms with Crippen molar-refractivity contribution in [2.75, 3.05) is 18.5 Å². The Bertz CT molecular complexity index is 759. The first-order valence-corrected chi connectivity index (χ1v) is 9.11. The number of nitrogens with one attached hydrogen (secondary N) is 2. The summed E-state index contributed by atoms with van der Waals surface area (Å²) in [5, 5.41) is 6.40. The highest BCUT2D eigenvalue weighted by Crippen LogP contribution is 2.18. The predicted molar refractivity (Wildman–Crippen MR) is 106 cm³/mol. The lowest BCUT2D eigenvalue weighted by molar-refractivity contribution is 0.0679. The summed E-state index contributed by atoms with van der Waals surface area (Å²) < 4.78 is 11.2. The Kier molecular flexibility index (Phi) is 6.44. The van der Waals surface area contributed by atoms with Crippen molar-refractivity contribution in [3.63, 3.8) is 0 Å². The molecular formula is C19H19ClN2O3S. The fourth-order valence-corrected chi connectivity index (χ4v) is 2.87. The number of hydrogen-bond donors (Lipinski definition) is 2. The van der Waals surface area contributed by atoms with Gasteiger partial charge in [0.15, 0.2) is 5.11 Å². The molecule has 0 aliphatic carbocycles. The second-order valence-electron chi connectivity index (χ2n) is 5.89. The van der Waals surface area contributed by atoms with E-state index in [2.05, 4.69) is 10.6 Å². The minimum Gasteiger partial charge on any atom is -0.491 e. The van der Waals surface area contributed by atoms with Gasteiger partial charge in [-0.1, -0.05) is 11.6 Å². The van der Waals surface area contributed by atoms with Crippen molar-refractivity contribution in [3.8, 4) is 5.75 Å². The zero-order valence-electron chi connectivity index (χ0n) is 14.0. The summed E-state index contributed by atoms with van der Waals surface area (Å²) in [6.07, 6.45) is 2.32. The van der Waals surface area contributed by atoms with Gasteiger partial charge in [-0.3, -0.25) is 10.1 Å². The fourth-order valence-electron chi connectivity index (χ4n) is 2.54. The molecule has 0 saturated carbocycles. The van der Waals surface area contributed by atoms with Crippen LogP contribution in [0.5, 0.6) is 5.75 Å². The van der Waals surface area contributed by atoms with Crippen LogP contribution in [0.25, 0.3) is 0 Å². The third-order valence-electron chi connectivity index (χ3n) is 3.91. The normalized spacial score (nSPS) is 16.1. The van der Waals surface area contributed by atoms with Gasteiger partial charge in [-0.15, -0.1) is 0 Å². The van der Waals surface area contributed by atoms with Gasteiger partial charge in [-0.25, -0.2) is 0 Å². The largest absolute Gasteiger partial charge is 0.491 e. The Labute approximate surface area is 162 Å². The minimum atomic E-state index is -0.296. The summed E-state index contributed by atoms with van der Waals surface area (Å²) >= 11 is 11.0. The van der Waals surface area contributed by atoms with Crippen molar-refractivity contribution in [1.82, 2.24) is 5.32 Å². The van der Waals surface area contributed by atoms with Gasteiger partial charge < -0.3 is 14.8 Å². The van der Waals surface area contributed by atoms with Crippen molar-refractivity contribution >= 4 is 40.5 Å². The second-order valence-corrected chi connectivity index (χ2v) is 6.73. The van der Waals surface area contributed by atoms with E-state index in [1.54, 1.807) is 24.3 Å². The highest BCUT2D eigenvalue weighted by atomic mass is 35.5. The van der Waals surface area contributed by atoms with E-state index in [0.717, 1.165) is 30.9 Å². The second kappa shape index (κ2) is 8.98. The van der Waals surface area contributed by atoms with E-state index in [4.69, 9.17) is 33.3 Å². The van der Waals surface area contributed by atoms with Gasteiger partial charge in [-0.05, 0) is 73.6 Å². The number of hydrogen-bond acceptors (Lipinski definition) is 4. The third-order valence-corrected chi connectivity index (χ3v) is 4.36. The lowest BCUT2D eigenvalue weighted by atomic mass is 10.2. The average molecular weight is 391 g/mol. The summed E-state index contributed by atoms with van der Waals surface area (Å²) in [6.45, 7) is 1.37. The van der Waals surface area contributed by atoms with Crippen molar-refractivity contribution in [1.29, 1.82) is 0 Å². The summed E-state index contributed by atoms with van der Waals surface area (Å²) in [7, 11) is 0. The van der Waals surface area contributed by atoms with E-state index in [0.29, 0.717) is 17.2 Å². The van der Waals surface area contributed by atoms with Crippen LogP contribution in [0.15, 0.2) is 48.5 Å². The minimum absolute atomic E-state index is 0.184. The van der Waals surface area contributed by atoms with Crippen LogP contribution in [0.2, 0.25) is 5.02 Å². The summed E-state index contributed by atoms with van der Waals surface area (Å²) in [6, 6.07) is 14.0. The SMILES string of the molecule is O=C(NC(=S)Nc1ccc(OC[C@@H]2CCCO2)cc1)c1ccc(Cl)cc1. The molecule has 1 amide bonds. The molecule has 2 aromatic carbocycles. The number of ether oxygens (including phenoxy) is 2. The Morgan fingerprint density at radius 1 is 1.19 bits per heavy atom. The van der Waals surface area contributed by atoms with Gasteiger partial charge in [0.25, 0.3) is 5.91 Å². The van der Waals surface area contributed by atoms with Crippen LogP contribution in [0.4, 0.5) is 5.69 Å². The van der Waals surface area contributed by atoms with E-state index in [-0.39, 0.29) is 17.1 Å². The molecule has 0 spiro atoms. The molecule has 1 aliphatic rings. The maximum Gasteiger partial charge on any atom is 0.257 e. The number of anilines is 1. The Balaban J connectivity index is 1.47. The van der Waals surface area contributed by atoms with Gasteiger partial charge in [0.05, 0.1) is 6.10 Å².